The highest BCUT2D eigenvalue weighted by molar-refractivity contribution is 7.08. The molecular weight excluding hydrogens is 356 g/mol. The van der Waals surface area contributed by atoms with Crippen LogP contribution < -0.4 is 4.74 Å². The molecule has 0 spiro atoms. The van der Waals surface area contributed by atoms with Crippen LogP contribution in [0.1, 0.15) is 50.1 Å². The van der Waals surface area contributed by atoms with Gasteiger partial charge in [-0.05, 0) is 43.0 Å². The fourth-order valence-corrected chi connectivity index (χ4v) is 3.32. The lowest BCUT2D eigenvalue weighted by molar-refractivity contribution is 0.363. The lowest BCUT2D eigenvalue weighted by Gasteiger charge is -2.27. The van der Waals surface area contributed by atoms with Gasteiger partial charge in [0.05, 0.1) is 17.7 Å². The molecule has 0 amide bonds. The molecule has 0 aliphatic carbocycles. The van der Waals surface area contributed by atoms with Crippen molar-refractivity contribution in [2.75, 3.05) is 14.1 Å². The van der Waals surface area contributed by atoms with E-state index < -0.39 is 0 Å². The lowest BCUT2D eigenvalue weighted by Crippen LogP contribution is -2.25. The maximum absolute atomic E-state index is 9.71. The van der Waals surface area contributed by atoms with Crippen LogP contribution in [-0.2, 0) is 5.41 Å². The lowest BCUT2D eigenvalue weighted by atomic mass is 9.77. The first-order valence-electron chi connectivity index (χ1n) is 8.97. The number of aromatic nitrogens is 1. The molecule has 1 aromatic heterocycles. The number of hydrogen-bond donors (Lipinski definition) is 0. The Morgan fingerprint density at radius 1 is 1.26 bits per heavy atom. The molecule has 0 atom stereocenters. The van der Waals surface area contributed by atoms with Gasteiger partial charge in [-0.25, -0.2) is 4.99 Å². The molecule has 144 valence electrons. The number of nitrogens with zero attached hydrogens (tertiary/aromatic N) is 4. The van der Waals surface area contributed by atoms with Gasteiger partial charge in [-0.2, -0.15) is 9.64 Å². The first kappa shape index (κ1) is 20.9. The Morgan fingerprint density at radius 3 is 2.48 bits per heavy atom. The molecule has 0 aliphatic heterocycles. The van der Waals surface area contributed by atoms with Crippen molar-refractivity contribution < 1.29 is 4.74 Å². The summed E-state index contributed by atoms with van der Waals surface area (Å²) in [6.07, 6.45) is 1.78. The minimum atomic E-state index is -0.196. The average molecular weight is 385 g/mol. The fourth-order valence-electron chi connectivity index (χ4n) is 2.46. The van der Waals surface area contributed by atoms with Crippen LogP contribution in [0.5, 0.6) is 10.8 Å². The fraction of sp³-hybridized carbons (Fsp3) is 0.476. The summed E-state index contributed by atoms with van der Waals surface area (Å²) in [6, 6.07) is 6.26. The number of rotatable bonds is 6. The SMILES string of the molecule is Cc1cc(Oc2snc(C(C)(C)C(C)C)c2C#N)c(C)cc1/N=C\N(C)C. The second-order valence-electron chi connectivity index (χ2n) is 7.90. The van der Waals surface area contributed by atoms with Crippen molar-refractivity contribution in [1.29, 1.82) is 5.26 Å². The highest BCUT2D eigenvalue weighted by Crippen LogP contribution is 2.41. The highest BCUT2D eigenvalue weighted by atomic mass is 32.1. The third kappa shape index (κ3) is 4.48. The molecule has 0 aliphatic rings. The van der Waals surface area contributed by atoms with Crippen molar-refractivity contribution >= 4 is 23.6 Å². The van der Waals surface area contributed by atoms with Crippen molar-refractivity contribution in [2.45, 2.75) is 47.0 Å². The van der Waals surface area contributed by atoms with Crippen LogP contribution in [0.4, 0.5) is 5.69 Å². The van der Waals surface area contributed by atoms with Gasteiger partial charge in [0, 0.05) is 31.0 Å². The Hall–Kier alpha value is -2.39. The van der Waals surface area contributed by atoms with Gasteiger partial charge in [0.2, 0.25) is 5.06 Å². The molecule has 27 heavy (non-hydrogen) atoms. The molecule has 0 saturated heterocycles. The van der Waals surface area contributed by atoms with E-state index in [1.165, 1.54) is 11.5 Å². The highest BCUT2D eigenvalue weighted by Gasteiger charge is 2.32. The molecule has 2 aromatic rings. The van der Waals surface area contributed by atoms with Crippen LogP contribution in [0, 0.1) is 31.1 Å². The normalized spacial score (nSPS) is 11.9. The zero-order valence-electron chi connectivity index (χ0n) is 17.4. The Labute approximate surface area is 166 Å². The van der Waals surface area contributed by atoms with Crippen LogP contribution in [0.2, 0.25) is 0 Å². The van der Waals surface area contributed by atoms with Crippen LogP contribution in [-0.4, -0.2) is 29.7 Å². The van der Waals surface area contributed by atoms with Crippen LogP contribution in [0.25, 0.3) is 0 Å². The van der Waals surface area contributed by atoms with E-state index in [1.54, 1.807) is 6.34 Å². The summed E-state index contributed by atoms with van der Waals surface area (Å²) >= 11 is 1.24. The summed E-state index contributed by atoms with van der Waals surface area (Å²) in [5, 5.41) is 10.3. The van der Waals surface area contributed by atoms with Crippen LogP contribution in [0.15, 0.2) is 17.1 Å². The molecule has 1 heterocycles. The van der Waals surface area contributed by atoms with Gasteiger partial charge in [-0.15, -0.1) is 0 Å². The zero-order chi connectivity index (χ0) is 20.4. The van der Waals surface area contributed by atoms with Gasteiger partial charge in [0.15, 0.2) is 0 Å². The van der Waals surface area contributed by atoms with Gasteiger partial charge in [-0.3, -0.25) is 0 Å². The van der Waals surface area contributed by atoms with Crippen molar-refractivity contribution in [3.8, 4) is 16.9 Å². The largest absolute Gasteiger partial charge is 0.443 e. The smallest absolute Gasteiger partial charge is 0.218 e. The van der Waals surface area contributed by atoms with E-state index in [9.17, 15) is 5.26 Å². The number of aryl methyl sites for hydroxylation is 2. The first-order valence-corrected chi connectivity index (χ1v) is 9.75. The Kier molecular flexibility index (Phi) is 6.27. The molecule has 0 N–H and O–H groups in total. The van der Waals surface area contributed by atoms with E-state index in [4.69, 9.17) is 4.74 Å². The maximum atomic E-state index is 9.71. The summed E-state index contributed by atoms with van der Waals surface area (Å²) in [7, 11) is 3.87. The van der Waals surface area contributed by atoms with Gasteiger partial charge in [0.1, 0.15) is 17.4 Å². The molecule has 0 unspecified atom stereocenters. The monoisotopic (exact) mass is 384 g/mol. The molecule has 0 saturated carbocycles. The average Bonchev–Trinajstić information content (AvgIpc) is 2.99. The van der Waals surface area contributed by atoms with E-state index in [-0.39, 0.29) is 5.41 Å². The topological polar surface area (TPSA) is 61.5 Å². The molecule has 0 radical (unpaired) electrons. The van der Waals surface area contributed by atoms with Crippen molar-refractivity contribution in [3.05, 3.63) is 34.5 Å². The minimum absolute atomic E-state index is 0.196. The predicted octanol–water partition coefficient (Wildman–Crippen LogP) is 5.58. The van der Waals surface area contributed by atoms with E-state index >= 15 is 0 Å². The Morgan fingerprint density at radius 2 is 1.93 bits per heavy atom. The van der Waals surface area contributed by atoms with E-state index in [2.05, 4.69) is 43.1 Å². The molecule has 0 bridgehead atoms. The summed E-state index contributed by atoms with van der Waals surface area (Å²) < 4.78 is 10.7. The van der Waals surface area contributed by atoms with E-state index in [0.29, 0.717) is 16.5 Å². The van der Waals surface area contributed by atoms with Crippen molar-refractivity contribution in [3.63, 3.8) is 0 Å². The second-order valence-corrected chi connectivity index (χ2v) is 8.63. The van der Waals surface area contributed by atoms with Gasteiger partial charge >= 0.3 is 0 Å². The van der Waals surface area contributed by atoms with Crippen LogP contribution in [0.3, 0.4) is 0 Å². The predicted molar refractivity (Wildman–Crippen MR) is 113 cm³/mol. The number of hydrogen-bond acceptors (Lipinski definition) is 5. The number of ether oxygens (including phenoxy) is 1. The second kappa shape index (κ2) is 8.10. The van der Waals surface area contributed by atoms with Crippen LogP contribution >= 0.6 is 11.5 Å². The van der Waals surface area contributed by atoms with Gasteiger partial charge in [0.25, 0.3) is 0 Å². The third-order valence-corrected chi connectivity index (χ3v) is 5.68. The molecule has 2 rings (SSSR count). The van der Waals surface area contributed by atoms with E-state index in [0.717, 1.165) is 28.3 Å². The molecule has 0 fully saturated rings. The third-order valence-electron chi connectivity index (χ3n) is 4.95. The standard InChI is InChI=1S/C21H28N4OS/c1-13(2)21(5,6)19-16(11-22)20(27-24-19)26-18-10-14(3)17(9-15(18)4)23-12-25(7)8/h9-10,12-13H,1-8H3/b23-12-. The van der Waals surface area contributed by atoms with Crippen molar-refractivity contribution in [2.24, 2.45) is 10.9 Å². The summed E-state index contributed by atoms with van der Waals surface area (Å²) in [5.74, 6) is 1.09. The van der Waals surface area contributed by atoms with E-state index in [1.807, 2.05) is 45.0 Å². The quantitative estimate of drug-likeness (QED) is 0.482. The molecule has 5 nitrogen and oxygen atoms in total. The van der Waals surface area contributed by atoms with Gasteiger partial charge < -0.3 is 9.64 Å². The van der Waals surface area contributed by atoms with Crippen molar-refractivity contribution in [1.82, 2.24) is 9.27 Å². The zero-order valence-corrected chi connectivity index (χ0v) is 18.2. The summed E-state index contributed by atoms with van der Waals surface area (Å²) in [4.78, 5) is 6.38. The molecule has 1 aromatic carbocycles. The Bertz CT molecular complexity index is 888. The number of benzene rings is 1. The first-order chi connectivity index (χ1) is 12.6. The summed E-state index contributed by atoms with van der Waals surface area (Å²) in [5.41, 5.74) is 4.03. The molecular formula is C21H28N4OS. The maximum Gasteiger partial charge on any atom is 0.218 e. The molecule has 6 heteroatoms. The summed E-state index contributed by atoms with van der Waals surface area (Å²) in [6.45, 7) is 12.5. The van der Waals surface area contributed by atoms with Gasteiger partial charge in [-0.1, -0.05) is 27.7 Å². The number of nitriles is 1. The minimum Gasteiger partial charge on any atom is -0.443 e. The number of aliphatic imine (C=N–C) groups is 1. The Balaban J connectivity index is 2.40.